The maximum absolute atomic E-state index is 12.6. The van der Waals surface area contributed by atoms with Crippen LogP contribution in [0, 0.1) is 0 Å². The highest BCUT2D eigenvalue weighted by atomic mass is 28.4. The summed E-state index contributed by atoms with van der Waals surface area (Å²) >= 11 is 0. The number of methoxy groups -OCH3 is 2. The number of ether oxygens (including phenoxy) is 7. The summed E-state index contributed by atoms with van der Waals surface area (Å²) in [6.45, 7) is 38.4. The van der Waals surface area contributed by atoms with E-state index in [0.717, 1.165) is 84.1 Å². The van der Waals surface area contributed by atoms with Crippen molar-refractivity contribution in [1.29, 1.82) is 0 Å². The molecule has 0 spiro atoms. The van der Waals surface area contributed by atoms with Crippen molar-refractivity contribution in [2.45, 2.75) is 153 Å². The summed E-state index contributed by atoms with van der Waals surface area (Å²) in [5, 5.41) is 2.73. The number of amides is 1. The minimum atomic E-state index is -2.72. The first-order valence-corrected chi connectivity index (χ1v) is 54.4. The van der Waals surface area contributed by atoms with E-state index in [1.54, 1.807) is 148 Å². The predicted molar refractivity (Wildman–Crippen MR) is 538 cm³/mol. The van der Waals surface area contributed by atoms with Gasteiger partial charge in [0.1, 0.15) is 41.1 Å². The lowest BCUT2D eigenvalue weighted by molar-refractivity contribution is 0.0700. The summed E-state index contributed by atoms with van der Waals surface area (Å²) in [7, 11) is -3.58. The molecule has 0 aromatic heterocycles. The second kappa shape index (κ2) is 66.1. The van der Waals surface area contributed by atoms with Gasteiger partial charge in [-0.3, -0.25) is 15.0 Å². The topological polar surface area (TPSA) is 316 Å². The SMILES string of the molecule is CCO[Si](CCCN=Cc1ccc(C(=O)Oc2cccc(N(C)C)c2)cc1)(OCC)OCC.CCO[Si](CCCN=Cc1ccc(C(=O)Oc2cccc(N(CC)CC)c2)cc1)(OCC)OCC.CCO[Si](CCCN=Cc1ccc(C(=O)Oc2cccc(OC)c2)cc1)(OCC)OCC.CCO[Si](CCCNC(=O)OCc1ccc(C(=O)Oc2cccc(OC)c2)cc1)(OCC)OCC. The van der Waals surface area contributed by atoms with Crippen LogP contribution in [0.25, 0.3) is 0 Å². The number of nitrogens with zero attached hydrogens (tertiary/aromatic N) is 5. The Morgan fingerprint density at radius 3 is 0.859 bits per heavy atom. The number of hydrogen-bond donors (Lipinski definition) is 1. The van der Waals surface area contributed by atoms with Crippen LogP contribution in [0.1, 0.15) is 186 Å². The van der Waals surface area contributed by atoms with Gasteiger partial charge in [0.05, 0.1) is 36.5 Å². The van der Waals surface area contributed by atoms with Gasteiger partial charge >= 0.3 is 65.2 Å². The summed E-state index contributed by atoms with van der Waals surface area (Å²) in [5.41, 5.74) is 7.33. The van der Waals surface area contributed by atoms with Gasteiger partial charge in [0, 0.05) is 211 Å². The Labute approximate surface area is 804 Å². The van der Waals surface area contributed by atoms with E-state index in [2.05, 4.69) is 39.0 Å². The molecule has 0 atom stereocenters. The van der Waals surface area contributed by atoms with Crippen LogP contribution in [-0.4, -0.2) is 231 Å². The van der Waals surface area contributed by atoms with Gasteiger partial charge in [-0.05, 0) is 242 Å². The Hall–Kier alpha value is -10.5. The molecule has 8 rings (SSSR count). The summed E-state index contributed by atoms with van der Waals surface area (Å²) < 4.78 is 108. The maximum atomic E-state index is 12.6. The molecule has 0 saturated heterocycles. The van der Waals surface area contributed by atoms with E-state index >= 15 is 0 Å². The predicted octanol–water partition coefficient (Wildman–Crippen LogP) is 19.8. The Morgan fingerprint density at radius 1 is 0.319 bits per heavy atom. The number of benzene rings is 8. The molecule has 0 unspecified atom stereocenters. The van der Waals surface area contributed by atoms with Crippen LogP contribution in [0.5, 0.6) is 34.5 Å². The zero-order valence-corrected chi connectivity index (χ0v) is 86.3. The van der Waals surface area contributed by atoms with E-state index in [0.29, 0.717) is 175 Å². The van der Waals surface area contributed by atoms with E-state index in [4.69, 9.17) is 86.3 Å². The molecule has 8 aromatic carbocycles. The van der Waals surface area contributed by atoms with Gasteiger partial charge < -0.3 is 101 Å². The van der Waals surface area contributed by atoms with Crippen LogP contribution in [0.4, 0.5) is 16.2 Å². The van der Waals surface area contributed by atoms with E-state index in [1.807, 2.05) is 181 Å². The molecule has 30 nitrogen and oxygen atoms in total. The number of anilines is 2. The number of hydrogen-bond acceptors (Lipinski definition) is 29. The van der Waals surface area contributed by atoms with Crippen molar-refractivity contribution in [3.05, 3.63) is 239 Å². The number of alkyl carbamates (subject to hydrolysis) is 1. The standard InChI is InChI=1S/C27H40N2O5Si.C25H36N2O5Si.C25H35NO8Si.C24H33NO6Si/c1-6-29(7-2)25-13-11-14-26(21-25)34-27(30)24-17-15-23(16-18-24)22-28-19-12-20-35(31-8-3,32-9-4)33-10-5;1-6-29-33(30-7-2,31-8-3)18-10-17-26-20-21-13-15-22(16-14-21)25(28)32-24-12-9-11-23(19-24)27(4)5;1-5-31-35(32-6-2,33-7-3)17-9-16-26-25(28)30-19-20-12-14-21(15-13-20)24(27)34-23-11-8-10-22(18-23)29-4;1-5-28-32(29-6-2,30-7-3)17-9-16-25-19-20-12-14-21(15-13-20)24(26)31-23-11-8-10-22(18-23)27-4/h11,13-18,21-22H,6-10,12,19-20H2,1-5H3;9,11-16,19-20H,6-8,10,17-18H2,1-5H3;8,10-15,18H,5-7,9,16-17,19H2,1-4H3,(H,26,28);8,10-15,18-19H,5-7,9,16-17H2,1-4H3. The van der Waals surface area contributed by atoms with Crippen molar-refractivity contribution in [1.82, 2.24) is 5.32 Å². The molecule has 34 heteroatoms. The fraction of sp³-hybridized carbons (Fsp3) is 0.446. The van der Waals surface area contributed by atoms with Crippen LogP contribution < -0.4 is 43.5 Å². The molecular formula is C101H144N6O24Si4. The molecule has 0 bridgehead atoms. The molecule has 0 fully saturated rings. The summed E-state index contributed by atoms with van der Waals surface area (Å²) in [6.07, 6.45) is 7.98. The lowest BCUT2D eigenvalue weighted by Crippen LogP contribution is -2.46. The van der Waals surface area contributed by atoms with Crippen molar-refractivity contribution < 1.29 is 110 Å². The molecule has 0 heterocycles. The fourth-order valence-corrected chi connectivity index (χ4v) is 23.8. The minimum Gasteiger partial charge on any atom is -0.497 e. The molecule has 0 aliphatic rings. The maximum Gasteiger partial charge on any atom is 0.500 e. The third kappa shape index (κ3) is 43.2. The first-order chi connectivity index (χ1) is 65.4. The van der Waals surface area contributed by atoms with Crippen LogP contribution in [0.2, 0.25) is 24.2 Å². The number of nitrogens with one attached hydrogen (secondary N) is 1. The van der Waals surface area contributed by atoms with Crippen molar-refractivity contribution in [3.8, 4) is 34.5 Å². The minimum absolute atomic E-state index is 0.0760. The molecule has 0 saturated carbocycles. The van der Waals surface area contributed by atoms with Gasteiger partial charge in [0.25, 0.3) is 0 Å². The molecule has 0 aliphatic carbocycles. The molecule has 0 aliphatic heterocycles. The Balaban J connectivity index is 0.000000318. The van der Waals surface area contributed by atoms with Crippen LogP contribution in [0.15, 0.2) is 209 Å². The van der Waals surface area contributed by atoms with Gasteiger partial charge in [-0.2, -0.15) is 0 Å². The van der Waals surface area contributed by atoms with Gasteiger partial charge in [-0.25, -0.2) is 24.0 Å². The average molecular weight is 1940 g/mol. The van der Waals surface area contributed by atoms with Crippen molar-refractivity contribution >= 4 is 95.2 Å². The highest BCUT2D eigenvalue weighted by Gasteiger charge is 2.43. The second-order valence-corrected chi connectivity index (χ2v) is 40.4. The highest BCUT2D eigenvalue weighted by Crippen LogP contribution is 2.28. The Bertz CT molecular complexity index is 4700. The molecule has 0 radical (unpaired) electrons. The first-order valence-electron chi connectivity index (χ1n) is 46.7. The van der Waals surface area contributed by atoms with E-state index < -0.39 is 59.2 Å². The highest BCUT2D eigenvalue weighted by molar-refractivity contribution is 6.62. The van der Waals surface area contributed by atoms with Crippen molar-refractivity contribution in [2.75, 3.05) is 157 Å². The van der Waals surface area contributed by atoms with Crippen molar-refractivity contribution in [3.63, 3.8) is 0 Å². The number of carbonyl (C=O) groups excluding carboxylic acids is 5. The number of carbonyl (C=O) groups is 5. The quantitative estimate of drug-likeness (QED) is 0.0122. The summed E-state index contributed by atoms with van der Waals surface area (Å²) in [6, 6.07) is 59.8. The molecule has 1 amide bonds. The zero-order valence-electron chi connectivity index (χ0n) is 82.3. The normalized spacial score (nSPS) is 11.5. The number of aliphatic imine (C=N–C) groups is 3. The van der Waals surface area contributed by atoms with Gasteiger partial charge in [0.2, 0.25) is 0 Å². The van der Waals surface area contributed by atoms with Crippen LogP contribution in [-0.2, 0) is 64.5 Å². The summed E-state index contributed by atoms with van der Waals surface area (Å²) in [5.74, 6) is 1.42. The monoisotopic (exact) mass is 1940 g/mol. The van der Waals surface area contributed by atoms with Crippen LogP contribution >= 0.6 is 0 Å². The third-order valence-electron chi connectivity index (χ3n) is 19.5. The lowest BCUT2D eigenvalue weighted by Gasteiger charge is -2.28. The molecule has 1 N–H and O–H groups in total. The first kappa shape index (κ1) is 115. The second-order valence-electron chi connectivity index (χ2n) is 29.5. The lowest BCUT2D eigenvalue weighted by atomic mass is 10.1. The largest absolute Gasteiger partial charge is 0.500 e. The smallest absolute Gasteiger partial charge is 0.497 e. The fourth-order valence-electron chi connectivity index (χ4n) is 13.4. The number of esters is 4. The van der Waals surface area contributed by atoms with E-state index in [-0.39, 0.29) is 12.6 Å². The van der Waals surface area contributed by atoms with Gasteiger partial charge in [-0.1, -0.05) is 72.8 Å². The number of rotatable bonds is 59. The molecule has 8 aromatic rings. The van der Waals surface area contributed by atoms with Gasteiger partial charge in [-0.15, -0.1) is 0 Å². The molecular weight excluding hydrogens is 1790 g/mol. The van der Waals surface area contributed by atoms with Crippen molar-refractivity contribution in [2.24, 2.45) is 15.0 Å². The zero-order chi connectivity index (χ0) is 98.4. The Morgan fingerprint density at radius 2 is 0.578 bits per heavy atom. The molecule has 738 valence electrons. The van der Waals surface area contributed by atoms with E-state index in [9.17, 15) is 24.0 Å². The average Bonchev–Trinajstić information content (AvgIpc) is 0.849. The van der Waals surface area contributed by atoms with Gasteiger partial charge in [0.15, 0.2) is 0 Å². The summed E-state index contributed by atoms with van der Waals surface area (Å²) in [4.78, 5) is 79.5. The Kier molecular flexibility index (Phi) is 56.3. The van der Waals surface area contributed by atoms with Crippen LogP contribution in [0.3, 0.4) is 0 Å². The van der Waals surface area contributed by atoms with E-state index in [1.165, 1.54) is 0 Å². The third-order valence-corrected chi connectivity index (χ3v) is 32.1. The molecule has 135 heavy (non-hydrogen) atoms.